The molecule has 0 fully saturated rings. The van der Waals surface area contributed by atoms with Crippen molar-refractivity contribution in [3.63, 3.8) is 0 Å². The maximum Gasteiger partial charge on any atom is 0.327 e. The third-order valence-corrected chi connectivity index (χ3v) is 2.79. The highest BCUT2D eigenvalue weighted by Crippen LogP contribution is 2.23. The summed E-state index contributed by atoms with van der Waals surface area (Å²) in [6.45, 7) is 3.95. The van der Waals surface area contributed by atoms with Crippen molar-refractivity contribution in [1.29, 1.82) is 0 Å². The van der Waals surface area contributed by atoms with Crippen LogP contribution in [0.25, 0.3) is 0 Å². The number of hydrogen-bond donors (Lipinski definition) is 0. The summed E-state index contributed by atoms with van der Waals surface area (Å²) in [5.41, 5.74) is -0.000142. The first-order valence-electron chi connectivity index (χ1n) is 6.72. The van der Waals surface area contributed by atoms with Crippen LogP contribution in [0.1, 0.15) is 25.6 Å². The molecule has 116 valence electrons. The van der Waals surface area contributed by atoms with E-state index in [1.165, 1.54) is 24.3 Å². The molecule has 8 nitrogen and oxygen atoms in total. The monoisotopic (exact) mass is 303 g/mol. The van der Waals surface area contributed by atoms with Gasteiger partial charge in [0, 0.05) is 32.1 Å². The smallest absolute Gasteiger partial charge is 0.327 e. The van der Waals surface area contributed by atoms with Gasteiger partial charge in [-0.15, -0.1) is 0 Å². The van der Waals surface area contributed by atoms with Crippen molar-refractivity contribution >= 4 is 11.6 Å². The molecule has 22 heavy (non-hydrogen) atoms. The lowest BCUT2D eigenvalue weighted by atomic mass is 10.2. The molecule has 1 aromatic carbocycles. The minimum absolute atomic E-state index is 0.000142. The van der Waals surface area contributed by atoms with Crippen molar-refractivity contribution in [3.05, 3.63) is 40.2 Å². The Labute approximate surface area is 127 Å². The lowest BCUT2D eigenvalue weighted by Crippen LogP contribution is -2.15. The molecule has 0 saturated heterocycles. The molecule has 2 aromatic rings. The van der Waals surface area contributed by atoms with Crippen molar-refractivity contribution in [2.24, 2.45) is 0 Å². The molecule has 8 heteroatoms. The summed E-state index contributed by atoms with van der Waals surface area (Å²) in [7, 11) is 3.66. The molecule has 0 atom stereocenters. The predicted octanol–water partition coefficient (Wildman–Crippen LogP) is 2.76. The molecule has 0 radical (unpaired) electrons. The van der Waals surface area contributed by atoms with Crippen LogP contribution in [0.3, 0.4) is 0 Å². The predicted molar refractivity (Wildman–Crippen MR) is 81.4 cm³/mol. The van der Waals surface area contributed by atoms with Gasteiger partial charge in [-0.25, -0.2) is 0 Å². The fourth-order valence-electron chi connectivity index (χ4n) is 1.61. The van der Waals surface area contributed by atoms with Crippen molar-refractivity contribution in [2.75, 3.05) is 19.0 Å². The van der Waals surface area contributed by atoms with Gasteiger partial charge >= 0.3 is 6.01 Å². The Hall–Kier alpha value is -2.77. The van der Waals surface area contributed by atoms with E-state index in [1.54, 1.807) is 4.90 Å². The summed E-state index contributed by atoms with van der Waals surface area (Å²) in [6, 6.07) is 5.91. The standard InChI is InChI=1S/C14H17N5O3/c1-9(2)12-15-13(18(3)4)17-14(16-12)22-11-7-5-10(6-8-11)19(20)21/h5-9H,1-4H3. The molecule has 1 aromatic heterocycles. The fraction of sp³-hybridized carbons (Fsp3) is 0.357. The summed E-state index contributed by atoms with van der Waals surface area (Å²) in [5.74, 6) is 1.67. The third-order valence-electron chi connectivity index (χ3n) is 2.79. The molecule has 0 unspecified atom stereocenters. The number of non-ortho nitro benzene ring substituents is 1. The Balaban J connectivity index is 2.29. The summed E-state index contributed by atoms with van der Waals surface area (Å²) in [6.07, 6.45) is 0. The van der Waals surface area contributed by atoms with E-state index in [1.807, 2.05) is 27.9 Å². The average Bonchev–Trinajstić information content (AvgIpc) is 2.47. The zero-order valence-corrected chi connectivity index (χ0v) is 12.8. The van der Waals surface area contributed by atoms with Gasteiger partial charge < -0.3 is 9.64 Å². The van der Waals surface area contributed by atoms with Crippen molar-refractivity contribution in [1.82, 2.24) is 15.0 Å². The summed E-state index contributed by atoms with van der Waals surface area (Å²) >= 11 is 0. The SMILES string of the molecule is CC(C)c1nc(Oc2ccc([N+](=O)[O-])cc2)nc(N(C)C)n1. The summed E-state index contributed by atoms with van der Waals surface area (Å²) in [4.78, 5) is 24.8. The van der Waals surface area contributed by atoms with Crippen LogP contribution in [-0.4, -0.2) is 34.0 Å². The van der Waals surface area contributed by atoms with E-state index in [-0.39, 0.29) is 17.6 Å². The number of benzene rings is 1. The molecule has 0 aliphatic heterocycles. The van der Waals surface area contributed by atoms with Crippen LogP contribution in [0.2, 0.25) is 0 Å². The largest absolute Gasteiger partial charge is 0.424 e. The highest BCUT2D eigenvalue weighted by molar-refractivity contribution is 5.37. The number of rotatable bonds is 5. The second kappa shape index (κ2) is 6.33. The quantitative estimate of drug-likeness (QED) is 0.619. The Bertz CT molecular complexity index is 644. The average molecular weight is 303 g/mol. The lowest BCUT2D eigenvalue weighted by Gasteiger charge is -2.14. The van der Waals surface area contributed by atoms with Gasteiger partial charge in [0.1, 0.15) is 11.6 Å². The molecule has 0 amide bonds. The molecule has 0 spiro atoms. The van der Waals surface area contributed by atoms with Gasteiger partial charge in [-0.05, 0) is 12.1 Å². The molecule has 0 bridgehead atoms. The normalized spacial score (nSPS) is 10.6. The number of hydrogen-bond acceptors (Lipinski definition) is 7. The minimum atomic E-state index is -0.465. The maximum absolute atomic E-state index is 10.6. The van der Waals surface area contributed by atoms with Crippen LogP contribution in [0.4, 0.5) is 11.6 Å². The number of nitrogens with zero attached hydrogens (tertiary/aromatic N) is 5. The van der Waals surface area contributed by atoms with Gasteiger partial charge in [0.15, 0.2) is 0 Å². The Morgan fingerprint density at radius 1 is 1.14 bits per heavy atom. The van der Waals surface area contributed by atoms with E-state index in [2.05, 4.69) is 15.0 Å². The van der Waals surface area contributed by atoms with Gasteiger partial charge in [-0.3, -0.25) is 10.1 Å². The van der Waals surface area contributed by atoms with Gasteiger partial charge in [0.05, 0.1) is 4.92 Å². The maximum atomic E-state index is 10.6. The number of ether oxygens (including phenoxy) is 1. The first kappa shape index (κ1) is 15.6. The third kappa shape index (κ3) is 3.66. The van der Waals surface area contributed by atoms with Crippen LogP contribution >= 0.6 is 0 Å². The molecular weight excluding hydrogens is 286 g/mol. The molecular formula is C14H17N5O3. The number of anilines is 1. The molecule has 2 rings (SSSR count). The topological polar surface area (TPSA) is 94.3 Å². The second-order valence-electron chi connectivity index (χ2n) is 5.18. The molecule has 0 aliphatic carbocycles. The summed E-state index contributed by atoms with van der Waals surface area (Å²) in [5, 5.41) is 10.6. The zero-order chi connectivity index (χ0) is 16.3. The van der Waals surface area contributed by atoms with Crippen LogP contribution in [0.15, 0.2) is 24.3 Å². The minimum Gasteiger partial charge on any atom is -0.424 e. The number of aromatic nitrogens is 3. The van der Waals surface area contributed by atoms with Crippen molar-refractivity contribution in [2.45, 2.75) is 19.8 Å². The van der Waals surface area contributed by atoms with E-state index in [4.69, 9.17) is 4.74 Å². The van der Waals surface area contributed by atoms with Crippen LogP contribution in [0.5, 0.6) is 11.8 Å². The molecule has 0 N–H and O–H groups in total. The van der Waals surface area contributed by atoms with E-state index < -0.39 is 4.92 Å². The summed E-state index contributed by atoms with van der Waals surface area (Å²) < 4.78 is 5.58. The van der Waals surface area contributed by atoms with Crippen molar-refractivity contribution < 1.29 is 9.66 Å². The Kier molecular flexibility index (Phi) is 4.50. The molecule has 0 saturated carbocycles. The first-order chi connectivity index (χ1) is 10.4. The highest BCUT2D eigenvalue weighted by atomic mass is 16.6. The van der Waals surface area contributed by atoms with Gasteiger partial charge in [-0.2, -0.15) is 15.0 Å². The van der Waals surface area contributed by atoms with Crippen LogP contribution < -0.4 is 9.64 Å². The van der Waals surface area contributed by atoms with Crippen LogP contribution in [0, 0.1) is 10.1 Å². The second-order valence-corrected chi connectivity index (χ2v) is 5.18. The van der Waals surface area contributed by atoms with Gasteiger partial charge in [0.2, 0.25) is 5.95 Å². The van der Waals surface area contributed by atoms with Gasteiger partial charge in [0.25, 0.3) is 5.69 Å². The number of nitro benzene ring substituents is 1. The molecule has 0 aliphatic rings. The van der Waals surface area contributed by atoms with E-state index in [9.17, 15) is 10.1 Å². The number of nitro groups is 1. The van der Waals surface area contributed by atoms with E-state index >= 15 is 0 Å². The van der Waals surface area contributed by atoms with Crippen molar-refractivity contribution in [3.8, 4) is 11.8 Å². The van der Waals surface area contributed by atoms with Gasteiger partial charge in [-0.1, -0.05) is 13.8 Å². The highest BCUT2D eigenvalue weighted by Gasteiger charge is 2.13. The Morgan fingerprint density at radius 2 is 1.77 bits per heavy atom. The molecule has 1 heterocycles. The van der Waals surface area contributed by atoms with Crippen LogP contribution in [-0.2, 0) is 0 Å². The first-order valence-corrected chi connectivity index (χ1v) is 6.72. The lowest BCUT2D eigenvalue weighted by molar-refractivity contribution is -0.384. The van der Waals surface area contributed by atoms with E-state index in [0.29, 0.717) is 17.5 Å². The zero-order valence-electron chi connectivity index (χ0n) is 12.8. The fourth-order valence-corrected chi connectivity index (χ4v) is 1.61. The van der Waals surface area contributed by atoms with E-state index in [0.717, 1.165) is 0 Å². The Morgan fingerprint density at radius 3 is 2.27 bits per heavy atom.